The maximum atomic E-state index is 12.4. The van der Waals surface area contributed by atoms with Crippen LogP contribution in [0.15, 0.2) is 18.2 Å². The lowest BCUT2D eigenvalue weighted by molar-refractivity contribution is -0.0350. The van der Waals surface area contributed by atoms with E-state index in [-0.39, 0.29) is 29.8 Å². The van der Waals surface area contributed by atoms with E-state index in [0.29, 0.717) is 23.7 Å². The third-order valence-electron chi connectivity index (χ3n) is 9.85. The summed E-state index contributed by atoms with van der Waals surface area (Å²) in [6.45, 7) is 10.7. The Morgan fingerprint density at radius 1 is 1.09 bits per heavy atom. The summed E-state index contributed by atoms with van der Waals surface area (Å²) in [7, 11) is -1.17. The Labute approximate surface area is 196 Å². The first-order valence-electron chi connectivity index (χ1n) is 12.4. The van der Waals surface area contributed by atoms with Crippen molar-refractivity contribution in [1.82, 2.24) is 0 Å². The van der Waals surface area contributed by atoms with Crippen molar-refractivity contribution in [2.24, 2.45) is 23.2 Å². The zero-order valence-corrected chi connectivity index (χ0v) is 21.3. The Kier molecular flexibility index (Phi) is 5.52. The predicted molar refractivity (Wildman–Crippen MR) is 131 cm³/mol. The summed E-state index contributed by atoms with van der Waals surface area (Å²) in [5.41, 5.74) is 3.27. The van der Waals surface area contributed by atoms with Gasteiger partial charge in [-0.05, 0) is 105 Å². The van der Waals surface area contributed by atoms with Crippen molar-refractivity contribution in [3.63, 3.8) is 0 Å². The van der Waals surface area contributed by atoms with Gasteiger partial charge in [-0.25, -0.2) is 0 Å². The Morgan fingerprint density at radius 3 is 2.44 bits per heavy atom. The molecule has 6 heteroatoms. The van der Waals surface area contributed by atoms with Crippen molar-refractivity contribution in [3.05, 3.63) is 29.3 Å². The highest BCUT2D eigenvalue weighted by molar-refractivity contribution is 7.84. The molecule has 2 saturated carbocycles. The molecule has 1 aromatic rings. The molecule has 0 aromatic heterocycles. The second-order valence-corrected chi connectivity index (χ2v) is 13.7. The molecule has 32 heavy (non-hydrogen) atoms. The van der Waals surface area contributed by atoms with Gasteiger partial charge in [0.15, 0.2) is 0 Å². The Hall–Kier alpha value is -0.685. The minimum Gasteiger partial charge on any atom is -0.399 e. The molecule has 1 heterocycles. The molecule has 5 rings (SSSR count). The van der Waals surface area contributed by atoms with Crippen LogP contribution in [0.1, 0.15) is 77.3 Å². The van der Waals surface area contributed by atoms with Gasteiger partial charge in [-0.3, -0.25) is 4.21 Å². The van der Waals surface area contributed by atoms with Gasteiger partial charge in [0.25, 0.3) is 0 Å². The van der Waals surface area contributed by atoms with Gasteiger partial charge in [-0.1, -0.05) is 25.1 Å². The van der Waals surface area contributed by atoms with Gasteiger partial charge >= 0.3 is 7.12 Å². The molecule has 4 nitrogen and oxygen atoms in total. The lowest BCUT2D eigenvalue weighted by Crippen LogP contribution is -2.48. The van der Waals surface area contributed by atoms with Gasteiger partial charge in [0.2, 0.25) is 0 Å². The molecule has 7 atom stereocenters. The van der Waals surface area contributed by atoms with Crippen molar-refractivity contribution in [2.45, 2.75) is 89.9 Å². The monoisotopic (exact) mass is 458 g/mol. The van der Waals surface area contributed by atoms with Crippen molar-refractivity contribution in [1.29, 1.82) is 0 Å². The van der Waals surface area contributed by atoms with Crippen LogP contribution in [0.25, 0.3) is 0 Å². The fourth-order valence-electron chi connectivity index (χ4n) is 7.37. The van der Waals surface area contributed by atoms with E-state index in [9.17, 15) is 9.32 Å². The fourth-order valence-corrected chi connectivity index (χ4v) is 8.31. The summed E-state index contributed by atoms with van der Waals surface area (Å²) < 4.78 is 25.0. The molecular formula is C26H39BO4S. The van der Waals surface area contributed by atoms with Crippen LogP contribution in [0.3, 0.4) is 0 Å². The number of hydrogen-bond donors (Lipinski definition) is 1. The molecule has 0 radical (unpaired) electrons. The maximum Gasteiger partial charge on any atom is 0.494 e. The number of aliphatic hydroxyl groups excluding tert-OH is 1. The highest BCUT2D eigenvalue weighted by atomic mass is 32.2. The maximum absolute atomic E-state index is 12.4. The molecule has 3 aliphatic carbocycles. The van der Waals surface area contributed by atoms with E-state index in [1.54, 1.807) is 0 Å². The molecule has 1 N–H and O–H groups in total. The Balaban J connectivity index is 1.50. The van der Waals surface area contributed by atoms with Crippen LogP contribution in [-0.4, -0.2) is 45.7 Å². The first-order valence-corrected chi connectivity index (χ1v) is 14.1. The van der Waals surface area contributed by atoms with Crippen molar-refractivity contribution in [3.8, 4) is 0 Å². The second kappa shape index (κ2) is 7.66. The summed E-state index contributed by atoms with van der Waals surface area (Å²) in [4.78, 5) is 0. The Bertz CT molecular complexity index is 914. The highest BCUT2D eigenvalue weighted by Crippen LogP contribution is 2.62. The first kappa shape index (κ1) is 23.1. The van der Waals surface area contributed by atoms with Crippen molar-refractivity contribution < 1.29 is 18.6 Å². The molecule has 1 aromatic carbocycles. The SMILES string of the molecule is CS(=O)C[C@@H]1Cc2cc(B3OC(C)(C)C(C)(C)O3)ccc2[C@H]2CC[C@]3(C)[C@@H](O)CC[C@H]3[C@H]12. The number of aliphatic hydroxyl groups is 1. The van der Waals surface area contributed by atoms with E-state index in [4.69, 9.17) is 9.31 Å². The highest BCUT2D eigenvalue weighted by Gasteiger charge is 2.57. The molecule has 1 unspecified atom stereocenters. The first-order chi connectivity index (χ1) is 14.9. The fraction of sp³-hybridized carbons (Fsp3) is 0.769. The third kappa shape index (κ3) is 3.47. The van der Waals surface area contributed by atoms with Gasteiger partial charge in [-0.15, -0.1) is 0 Å². The molecule has 0 amide bonds. The van der Waals surface area contributed by atoms with Gasteiger partial charge in [0.05, 0.1) is 17.3 Å². The minimum atomic E-state index is -0.825. The second-order valence-electron chi connectivity index (χ2n) is 12.2. The molecule has 1 aliphatic heterocycles. The number of hydrogen-bond acceptors (Lipinski definition) is 4. The van der Waals surface area contributed by atoms with E-state index in [1.807, 2.05) is 6.26 Å². The van der Waals surface area contributed by atoms with Crippen LogP contribution in [0.4, 0.5) is 0 Å². The van der Waals surface area contributed by atoms with Gasteiger partial charge in [-0.2, -0.15) is 0 Å². The summed E-state index contributed by atoms with van der Waals surface area (Å²) >= 11 is 0. The molecule has 0 bridgehead atoms. The lowest BCUT2D eigenvalue weighted by atomic mass is 9.52. The minimum absolute atomic E-state index is 0.0226. The number of benzene rings is 1. The summed E-state index contributed by atoms with van der Waals surface area (Å²) in [5.74, 6) is 2.71. The molecule has 176 valence electrons. The molecular weight excluding hydrogens is 419 g/mol. The van der Waals surface area contributed by atoms with E-state index >= 15 is 0 Å². The average Bonchev–Trinajstić information content (AvgIpc) is 3.12. The topological polar surface area (TPSA) is 55.8 Å². The summed E-state index contributed by atoms with van der Waals surface area (Å²) in [6.07, 6.45) is 6.84. The van der Waals surface area contributed by atoms with E-state index < -0.39 is 10.8 Å². The normalized spacial score (nSPS) is 40.5. The molecule has 4 aliphatic rings. The molecule has 3 fully saturated rings. The average molecular weight is 458 g/mol. The molecule has 1 saturated heterocycles. The van der Waals surface area contributed by atoms with E-state index in [0.717, 1.165) is 43.3 Å². The Morgan fingerprint density at radius 2 is 1.78 bits per heavy atom. The van der Waals surface area contributed by atoms with Crippen molar-refractivity contribution in [2.75, 3.05) is 12.0 Å². The van der Waals surface area contributed by atoms with Crippen LogP contribution in [0.5, 0.6) is 0 Å². The molecule has 0 spiro atoms. The summed E-state index contributed by atoms with van der Waals surface area (Å²) in [6, 6.07) is 6.82. The zero-order valence-electron chi connectivity index (χ0n) is 20.5. The van der Waals surface area contributed by atoms with Crippen LogP contribution < -0.4 is 5.46 Å². The largest absolute Gasteiger partial charge is 0.494 e. The van der Waals surface area contributed by atoms with Gasteiger partial charge in [0.1, 0.15) is 0 Å². The predicted octanol–water partition coefficient (Wildman–Crippen LogP) is 3.81. The van der Waals surface area contributed by atoms with Crippen LogP contribution in [-0.2, 0) is 26.5 Å². The van der Waals surface area contributed by atoms with Gasteiger partial charge in [0, 0.05) is 22.8 Å². The van der Waals surface area contributed by atoms with Crippen LogP contribution >= 0.6 is 0 Å². The zero-order chi connectivity index (χ0) is 23.1. The van der Waals surface area contributed by atoms with E-state index in [2.05, 4.69) is 52.8 Å². The van der Waals surface area contributed by atoms with Crippen LogP contribution in [0.2, 0.25) is 0 Å². The van der Waals surface area contributed by atoms with E-state index in [1.165, 1.54) is 11.1 Å². The lowest BCUT2D eigenvalue weighted by Gasteiger charge is -2.53. The smallest absolute Gasteiger partial charge is 0.399 e. The standard InChI is InChI=1S/C26H39BO4S/c1-24(2)25(3,4)31-27(30-24)18-7-8-19-16(14-18)13-17(15-32(6)29)23-20(19)11-12-26(5)21(23)9-10-22(26)28/h7-8,14,17,20-23,28H,9-13,15H2,1-6H3/t17-,20+,21-,22-,23+,26-,32?/m0/s1. The van der Waals surface area contributed by atoms with Gasteiger partial charge < -0.3 is 14.4 Å². The summed E-state index contributed by atoms with van der Waals surface area (Å²) in [5, 5.41) is 10.8. The number of fused-ring (bicyclic) bond motifs is 5. The van der Waals surface area contributed by atoms with Crippen LogP contribution in [0, 0.1) is 23.2 Å². The third-order valence-corrected chi connectivity index (χ3v) is 10.7. The number of rotatable bonds is 3. The van der Waals surface area contributed by atoms with Crippen molar-refractivity contribution >= 4 is 23.4 Å². The quantitative estimate of drug-likeness (QED) is 0.700.